The van der Waals surface area contributed by atoms with E-state index in [-0.39, 0.29) is 34.8 Å². The van der Waals surface area contributed by atoms with Gasteiger partial charge >= 0.3 is 6.18 Å². The van der Waals surface area contributed by atoms with Crippen LogP contribution in [0, 0.1) is 5.82 Å². The highest BCUT2D eigenvalue weighted by molar-refractivity contribution is 6.31. The van der Waals surface area contributed by atoms with Gasteiger partial charge in [-0.1, -0.05) is 29.8 Å². The Labute approximate surface area is 157 Å². The molecule has 2 aromatic carbocycles. The van der Waals surface area contributed by atoms with Crippen molar-refractivity contribution in [3.05, 3.63) is 76.7 Å². The molecule has 3 aromatic rings. The van der Waals surface area contributed by atoms with Gasteiger partial charge in [0.15, 0.2) is 0 Å². The third-order valence-corrected chi connectivity index (χ3v) is 3.92. The second kappa shape index (κ2) is 7.79. The summed E-state index contributed by atoms with van der Waals surface area (Å²) in [5.74, 6) is 0.116. The van der Waals surface area contributed by atoms with E-state index < -0.39 is 11.7 Å². The zero-order chi connectivity index (χ0) is 19.4. The van der Waals surface area contributed by atoms with E-state index in [4.69, 9.17) is 11.6 Å². The molecule has 0 spiro atoms. The Morgan fingerprint density at radius 2 is 1.81 bits per heavy atom. The van der Waals surface area contributed by atoms with Crippen LogP contribution in [-0.2, 0) is 12.7 Å². The van der Waals surface area contributed by atoms with Gasteiger partial charge in [0.25, 0.3) is 0 Å². The average Bonchev–Trinajstić information content (AvgIpc) is 2.62. The molecule has 0 saturated carbocycles. The molecular formula is C18H13ClF4N4. The fourth-order valence-electron chi connectivity index (χ4n) is 2.30. The van der Waals surface area contributed by atoms with Gasteiger partial charge < -0.3 is 10.6 Å². The molecule has 1 aromatic heterocycles. The van der Waals surface area contributed by atoms with Gasteiger partial charge in [-0.3, -0.25) is 0 Å². The van der Waals surface area contributed by atoms with Crippen LogP contribution >= 0.6 is 11.6 Å². The molecule has 3 rings (SSSR count). The van der Waals surface area contributed by atoms with Gasteiger partial charge in [0.1, 0.15) is 11.6 Å². The van der Waals surface area contributed by atoms with Crippen LogP contribution in [0.15, 0.2) is 54.7 Å². The van der Waals surface area contributed by atoms with E-state index in [0.717, 1.165) is 12.1 Å². The first-order chi connectivity index (χ1) is 12.8. The largest absolute Gasteiger partial charge is 0.417 e. The van der Waals surface area contributed by atoms with Gasteiger partial charge in [-0.2, -0.15) is 18.2 Å². The maximum atomic E-state index is 13.6. The highest BCUT2D eigenvalue weighted by Crippen LogP contribution is 2.36. The molecule has 0 fully saturated rings. The van der Waals surface area contributed by atoms with Crippen LogP contribution < -0.4 is 10.6 Å². The number of anilines is 3. The number of halogens is 5. The van der Waals surface area contributed by atoms with E-state index in [0.29, 0.717) is 5.56 Å². The Kier molecular flexibility index (Phi) is 5.46. The molecule has 140 valence electrons. The summed E-state index contributed by atoms with van der Waals surface area (Å²) < 4.78 is 52.5. The van der Waals surface area contributed by atoms with Crippen LogP contribution in [0.4, 0.5) is 35.0 Å². The minimum absolute atomic E-state index is 0.162. The Morgan fingerprint density at radius 3 is 2.56 bits per heavy atom. The first-order valence-electron chi connectivity index (χ1n) is 7.77. The summed E-state index contributed by atoms with van der Waals surface area (Å²) in [5, 5.41) is 5.25. The van der Waals surface area contributed by atoms with Gasteiger partial charge in [0, 0.05) is 24.0 Å². The monoisotopic (exact) mass is 396 g/mol. The second-order valence-electron chi connectivity index (χ2n) is 5.53. The molecule has 4 nitrogen and oxygen atoms in total. The molecule has 0 saturated heterocycles. The van der Waals surface area contributed by atoms with Crippen LogP contribution in [0.1, 0.15) is 11.1 Å². The van der Waals surface area contributed by atoms with Gasteiger partial charge in [-0.25, -0.2) is 9.37 Å². The number of nitrogens with zero attached hydrogens (tertiary/aromatic N) is 2. The summed E-state index contributed by atoms with van der Waals surface area (Å²) in [6, 6.07) is 11.2. The lowest BCUT2D eigenvalue weighted by atomic mass is 10.2. The normalized spacial score (nSPS) is 11.3. The molecule has 0 aliphatic heterocycles. The molecule has 0 atom stereocenters. The van der Waals surface area contributed by atoms with Crippen molar-refractivity contribution in [3.8, 4) is 0 Å². The molecule has 2 N–H and O–H groups in total. The summed E-state index contributed by atoms with van der Waals surface area (Å²) in [6.45, 7) is 0.162. The van der Waals surface area contributed by atoms with Crippen molar-refractivity contribution in [3.63, 3.8) is 0 Å². The fourth-order valence-corrected chi connectivity index (χ4v) is 2.52. The maximum absolute atomic E-state index is 13.6. The average molecular weight is 397 g/mol. The van der Waals surface area contributed by atoms with E-state index >= 15 is 0 Å². The Morgan fingerprint density at radius 1 is 1.04 bits per heavy atom. The van der Waals surface area contributed by atoms with E-state index in [9.17, 15) is 17.6 Å². The Bertz CT molecular complexity index is 947. The van der Waals surface area contributed by atoms with Crippen molar-refractivity contribution in [1.29, 1.82) is 0 Å². The van der Waals surface area contributed by atoms with E-state index in [1.807, 2.05) is 0 Å². The van der Waals surface area contributed by atoms with Gasteiger partial charge in [-0.05, 0) is 30.3 Å². The molecule has 0 aliphatic carbocycles. The standard InChI is InChI=1S/C18H13ClF4N4/c19-14-6-5-12(9-13(14)18(21,22)23)26-16-7-8-24-17(27-16)25-10-11-3-1-2-4-15(11)20/h1-9H,10H2,(H2,24,25,26,27). The number of rotatable bonds is 5. The highest BCUT2D eigenvalue weighted by Gasteiger charge is 2.33. The summed E-state index contributed by atoms with van der Waals surface area (Å²) in [7, 11) is 0. The molecule has 0 amide bonds. The number of aromatic nitrogens is 2. The SMILES string of the molecule is Fc1ccccc1CNc1nccc(Nc2ccc(Cl)c(C(F)(F)F)c2)n1. The number of hydrogen-bond donors (Lipinski definition) is 2. The third-order valence-electron chi connectivity index (χ3n) is 3.59. The minimum atomic E-state index is -4.56. The zero-order valence-corrected chi connectivity index (χ0v) is 14.4. The molecule has 0 aliphatic rings. The van der Waals surface area contributed by atoms with Crippen molar-refractivity contribution in [2.45, 2.75) is 12.7 Å². The van der Waals surface area contributed by atoms with Crippen molar-refractivity contribution in [2.24, 2.45) is 0 Å². The maximum Gasteiger partial charge on any atom is 0.417 e. The van der Waals surface area contributed by atoms with Crippen LogP contribution in [0.25, 0.3) is 0 Å². The molecule has 27 heavy (non-hydrogen) atoms. The second-order valence-corrected chi connectivity index (χ2v) is 5.94. The van der Waals surface area contributed by atoms with E-state index in [2.05, 4.69) is 20.6 Å². The lowest BCUT2D eigenvalue weighted by Gasteiger charge is -2.12. The van der Waals surface area contributed by atoms with Crippen LogP contribution in [0.3, 0.4) is 0 Å². The summed E-state index contributed by atoms with van der Waals surface area (Å²) in [5.41, 5.74) is -0.335. The van der Waals surface area contributed by atoms with Crippen LogP contribution in [0.2, 0.25) is 5.02 Å². The predicted octanol–water partition coefficient (Wildman–Crippen LogP) is 5.64. The highest BCUT2D eigenvalue weighted by atomic mass is 35.5. The molecule has 1 heterocycles. The van der Waals surface area contributed by atoms with Crippen molar-refractivity contribution < 1.29 is 17.6 Å². The summed E-state index contributed by atoms with van der Waals surface area (Å²) in [4.78, 5) is 8.17. The molecule has 9 heteroatoms. The number of hydrogen-bond acceptors (Lipinski definition) is 4. The quantitative estimate of drug-likeness (QED) is 0.548. The number of nitrogens with one attached hydrogen (secondary N) is 2. The van der Waals surface area contributed by atoms with E-state index in [1.165, 1.54) is 24.4 Å². The van der Waals surface area contributed by atoms with Crippen molar-refractivity contribution in [2.75, 3.05) is 10.6 Å². The molecule has 0 unspecified atom stereocenters. The molecule has 0 radical (unpaired) electrons. The Hall–Kier alpha value is -2.87. The topological polar surface area (TPSA) is 49.8 Å². The molecule has 0 bridgehead atoms. The lowest BCUT2D eigenvalue weighted by Crippen LogP contribution is -2.08. The Balaban J connectivity index is 1.74. The number of benzene rings is 2. The predicted molar refractivity (Wildman–Crippen MR) is 95.5 cm³/mol. The molecular weight excluding hydrogens is 384 g/mol. The van der Waals surface area contributed by atoms with E-state index in [1.54, 1.807) is 18.2 Å². The van der Waals surface area contributed by atoms with Crippen LogP contribution in [-0.4, -0.2) is 9.97 Å². The summed E-state index contributed by atoms with van der Waals surface area (Å²) in [6.07, 6.45) is -3.13. The smallest absolute Gasteiger partial charge is 0.350 e. The number of alkyl halides is 3. The first kappa shape index (κ1) is 18.9. The zero-order valence-electron chi connectivity index (χ0n) is 13.7. The first-order valence-corrected chi connectivity index (χ1v) is 8.15. The fraction of sp³-hybridized carbons (Fsp3) is 0.111. The lowest BCUT2D eigenvalue weighted by molar-refractivity contribution is -0.137. The van der Waals surface area contributed by atoms with Crippen molar-refractivity contribution >= 4 is 29.1 Å². The van der Waals surface area contributed by atoms with Crippen LogP contribution in [0.5, 0.6) is 0 Å². The third kappa shape index (κ3) is 4.85. The minimum Gasteiger partial charge on any atom is -0.350 e. The summed E-state index contributed by atoms with van der Waals surface area (Å²) >= 11 is 5.61. The van der Waals surface area contributed by atoms with Gasteiger partial charge in [0.2, 0.25) is 5.95 Å². The van der Waals surface area contributed by atoms with Gasteiger partial charge in [0.05, 0.1) is 10.6 Å². The van der Waals surface area contributed by atoms with Gasteiger partial charge in [-0.15, -0.1) is 0 Å². The van der Waals surface area contributed by atoms with Crippen molar-refractivity contribution in [1.82, 2.24) is 9.97 Å².